The molecule has 30 heavy (non-hydrogen) atoms. The molecule has 5 heteroatoms. The van der Waals surface area contributed by atoms with Gasteiger partial charge < -0.3 is 24.8 Å². The number of benzene rings is 1. The van der Waals surface area contributed by atoms with Crippen molar-refractivity contribution in [2.75, 3.05) is 0 Å². The normalized spacial score (nSPS) is 21.0. The van der Waals surface area contributed by atoms with Crippen LogP contribution >= 0.6 is 19.7 Å². The van der Waals surface area contributed by atoms with Crippen LogP contribution in [0.3, 0.4) is 0 Å². The first-order valence-electron chi connectivity index (χ1n) is 11.8. The first kappa shape index (κ1) is 29.1. The van der Waals surface area contributed by atoms with Gasteiger partial charge in [0.05, 0.1) is 0 Å². The summed E-state index contributed by atoms with van der Waals surface area (Å²) < 4.78 is 2.01. The summed E-state index contributed by atoms with van der Waals surface area (Å²) in [6.45, 7) is 0. The molecule has 1 aromatic rings. The Balaban J connectivity index is 0.000000351. The second-order valence-corrected chi connectivity index (χ2v) is 14.0. The fourth-order valence-corrected chi connectivity index (χ4v) is 11.4. The van der Waals surface area contributed by atoms with Crippen molar-refractivity contribution in [3.63, 3.8) is 0 Å². The Hall–Kier alpha value is 1.07. The average molecular weight is 575 g/mol. The van der Waals surface area contributed by atoms with Crippen molar-refractivity contribution in [3.05, 3.63) is 30.3 Å². The van der Waals surface area contributed by atoms with Crippen LogP contribution in [-0.2, 0) is 17.9 Å². The van der Waals surface area contributed by atoms with Gasteiger partial charge in [-0.25, -0.2) is 0 Å². The molecule has 0 aliphatic heterocycles. The minimum atomic E-state index is 0. The van der Waals surface area contributed by atoms with E-state index in [0.29, 0.717) is 7.92 Å². The van der Waals surface area contributed by atoms with E-state index in [1.807, 2.05) is 22.1 Å². The molecule has 0 nitrogen and oxygen atoms in total. The van der Waals surface area contributed by atoms with E-state index < -0.39 is 0 Å². The van der Waals surface area contributed by atoms with E-state index in [4.69, 9.17) is 0 Å². The van der Waals surface area contributed by atoms with Crippen molar-refractivity contribution in [1.29, 1.82) is 0 Å². The van der Waals surface area contributed by atoms with Crippen molar-refractivity contribution in [1.82, 2.24) is 0 Å². The van der Waals surface area contributed by atoms with Gasteiger partial charge in [-0.1, -0.05) is 65.7 Å². The molecule has 0 atom stereocenters. The molecule has 0 spiro atoms. The Morgan fingerprint density at radius 2 is 1.00 bits per heavy atom. The van der Waals surface area contributed by atoms with Crippen molar-refractivity contribution in [3.8, 4) is 0 Å². The molecule has 0 unspecified atom stereocenters. The van der Waals surface area contributed by atoms with Crippen molar-refractivity contribution < 1.29 is 42.7 Å². The molecule has 3 saturated carbocycles. The van der Waals surface area contributed by atoms with Gasteiger partial charge in [-0.3, -0.25) is 0 Å². The Kier molecular flexibility index (Phi) is 17.0. The standard InChI is InChI=1S/C18H33P.C7H6S.2ClH.Ru/c1-4-10-16(11-5-1)19(17-12-6-2-7-13-17)18-14-8-3-9-15-18;1-8-7-5-3-2-4-6-7;;;/h16-18H,1-15H2;1-6H;2*1H;/q;;;;+2/p-2. The maximum absolute atomic E-state index is 2.48. The summed E-state index contributed by atoms with van der Waals surface area (Å²) in [4.78, 5) is 1.29. The van der Waals surface area contributed by atoms with E-state index in [0.717, 1.165) is 0 Å². The molecule has 3 aliphatic rings. The monoisotopic (exact) mass is 574 g/mol. The van der Waals surface area contributed by atoms with Gasteiger partial charge in [0.2, 0.25) is 0 Å². The molecule has 1 aromatic carbocycles. The molecule has 0 saturated heterocycles. The fourth-order valence-electron chi connectivity index (χ4n) is 5.58. The Labute approximate surface area is 213 Å². The maximum atomic E-state index is 2.48. The zero-order valence-corrected chi connectivity index (χ0v) is 23.2. The summed E-state index contributed by atoms with van der Waals surface area (Å²) >= 11 is 4.20. The van der Waals surface area contributed by atoms with Crippen LogP contribution in [0.25, 0.3) is 0 Å². The summed E-state index contributed by atoms with van der Waals surface area (Å²) in [6, 6.07) is 10.3. The van der Waals surface area contributed by atoms with Gasteiger partial charge in [0.15, 0.2) is 0 Å². The van der Waals surface area contributed by atoms with E-state index in [1.54, 1.807) is 88.8 Å². The first-order valence-corrected chi connectivity index (χ1v) is 15.2. The van der Waals surface area contributed by atoms with E-state index in [9.17, 15) is 0 Å². The predicted molar refractivity (Wildman–Crippen MR) is 126 cm³/mol. The van der Waals surface area contributed by atoms with E-state index in [2.05, 4.69) is 30.0 Å². The van der Waals surface area contributed by atoms with Crippen LogP contribution in [0.5, 0.6) is 0 Å². The number of hydrogen-bond donors (Lipinski definition) is 0. The topological polar surface area (TPSA) is 0 Å². The zero-order chi connectivity index (χ0) is 19.4. The van der Waals surface area contributed by atoms with Crippen LogP contribution < -0.4 is 24.8 Å². The number of thioether (sulfide) groups is 1. The second-order valence-electron chi connectivity index (χ2n) is 8.84. The second kappa shape index (κ2) is 17.5. The SMILES string of the molecule is C1CCC(P(C2CCCCC2)C2CCCCC2)CC1.[Cl-].[Cl-].[Ru+2]=[CH]Sc1ccccc1. The van der Waals surface area contributed by atoms with Crippen LogP contribution in [0.2, 0.25) is 0 Å². The van der Waals surface area contributed by atoms with Crippen LogP contribution in [0.15, 0.2) is 35.2 Å². The van der Waals surface area contributed by atoms with Crippen molar-refractivity contribution in [2.45, 2.75) is 118 Å². The van der Waals surface area contributed by atoms with Gasteiger partial charge in [-0.15, -0.1) is 0 Å². The minimum absolute atomic E-state index is 0. The molecule has 4 rings (SSSR count). The van der Waals surface area contributed by atoms with Crippen LogP contribution in [0.4, 0.5) is 0 Å². The molecule has 0 radical (unpaired) electrons. The Morgan fingerprint density at radius 1 is 0.633 bits per heavy atom. The summed E-state index contributed by atoms with van der Waals surface area (Å²) in [6.07, 6.45) is 23.6. The van der Waals surface area contributed by atoms with Gasteiger partial charge in [0.1, 0.15) is 0 Å². The van der Waals surface area contributed by atoms with Crippen LogP contribution in [-0.4, -0.2) is 20.9 Å². The molecule has 172 valence electrons. The molecule has 0 N–H and O–H groups in total. The van der Waals surface area contributed by atoms with Crippen LogP contribution in [0, 0.1) is 0 Å². The van der Waals surface area contributed by atoms with Crippen molar-refractivity contribution in [2.24, 2.45) is 0 Å². The third-order valence-corrected chi connectivity index (χ3v) is 12.2. The zero-order valence-electron chi connectivity index (χ0n) is 18.3. The molecular weight excluding hydrogens is 535 g/mol. The third-order valence-electron chi connectivity index (χ3n) is 6.91. The molecule has 3 aliphatic carbocycles. The van der Waals surface area contributed by atoms with E-state index in [1.165, 1.54) is 41.1 Å². The summed E-state index contributed by atoms with van der Waals surface area (Å²) in [5.41, 5.74) is 3.57. The van der Waals surface area contributed by atoms with Gasteiger partial charge in [-0.05, 0) is 55.5 Å². The average Bonchev–Trinajstić information content (AvgIpc) is 2.78. The molecular formula is C25H39Cl2PRuS. The van der Waals surface area contributed by atoms with Gasteiger partial charge in [-0.2, -0.15) is 0 Å². The number of rotatable bonds is 5. The number of hydrogen-bond acceptors (Lipinski definition) is 1. The predicted octanol–water partition coefficient (Wildman–Crippen LogP) is 2.56. The quantitative estimate of drug-likeness (QED) is 0.296. The van der Waals surface area contributed by atoms with Gasteiger partial charge in [0, 0.05) is 0 Å². The van der Waals surface area contributed by atoms with Crippen LogP contribution in [0.1, 0.15) is 96.3 Å². The summed E-state index contributed by atoms with van der Waals surface area (Å²) in [5, 5.41) is 0. The first-order chi connectivity index (χ1) is 13.9. The van der Waals surface area contributed by atoms with Gasteiger partial charge >= 0.3 is 68.8 Å². The number of halogens is 2. The summed E-state index contributed by atoms with van der Waals surface area (Å²) in [5.74, 6) is 0. The van der Waals surface area contributed by atoms with Crippen molar-refractivity contribution >= 4 is 23.6 Å². The molecule has 3 fully saturated rings. The molecule has 0 bridgehead atoms. The Bertz CT molecular complexity index is 499. The van der Waals surface area contributed by atoms with E-state index >= 15 is 0 Å². The fraction of sp³-hybridized carbons (Fsp3) is 0.720. The van der Waals surface area contributed by atoms with Gasteiger partial charge in [0.25, 0.3) is 0 Å². The molecule has 0 amide bonds. The third kappa shape index (κ3) is 9.91. The molecule has 0 aromatic heterocycles. The summed E-state index contributed by atoms with van der Waals surface area (Å²) in [7, 11) is 0.385. The molecule has 0 heterocycles. The van der Waals surface area contributed by atoms with E-state index in [-0.39, 0.29) is 24.8 Å². The Morgan fingerprint density at radius 3 is 1.33 bits per heavy atom.